The van der Waals surface area contributed by atoms with Crippen molar-refractivity contribution in [2.24, 2.45) is 0 Å². The maximum absolute atomic E-state index is 12.3. The first kappa shape index (κ1) is 17.3. The third-order valence-corrected chi connectivity index (χ3v) is 4.63. The summed E-state index contributed by atoms with van der Waals surface area (Å²) in [6, 6.07) is 17.3. The average molecular weight is 339 g/mol. The number of phenolic OH excluding ortho intramolecular Hbond substituents is 1. The molecule has 0 saturated carbocycles. The van der Waals surface area contributed by atoms with Crippen LogP contribution in [0.15, 0.2) is 54.6 Å². The van der Waals surface area contributed by atoms with Crippen molar-refractivity contribution in [1.29, 1.82) is 0 Å². The maximum Gasteiger partial charge on any atom is 0.234 e. The molecular weight excluding hydrogens is 314 g/mol. The van der Waals surface area contributed by atoms with Gasteiger partial charge in [0.1, 0.15) is 5.75 Å². The number of phenols is 1. The first-order valence-electron chi connectivity index (χ1n) is 8.72. The monoisotopic (exact) mass is 339 g/mol. The van der Waals surface area contributed by atoms with Crippen LogP contribution in [0.1, 0.15) is 18.5 Å². The normalized spacial score (nSPS) is 16.4. The van der Waals surface area contributed by atoms with Gasteiger partial charge in [-0.3, -0.25) is 9.69 Å². The molecular formula is C20H25N3O2. The Labute approximate surface area is 148 Å². The van der Waals surface area contributed by atoms with Gasteiger partial charge >= 0.3 is 0 Å². The molecule has 5 heteroatoms. The number of rotatable bonds is 5. The third-order valence-electron chi connectivity index (χ3n) is 4.63. The minimum Gasteiger partial charge on any atom is -0.508 e. The van der Waals surface area contributed by atoms with E-state index in [0.717, 1.165) is 37.4 Å². The molecule has 2 aromatic rings. The van der Waals surface area contributed by atoms with Crippen molar-refractivity contribution >= 4 is 11.6 Å². The molecule has 2 aromatic carbocycles. The van der Waals surface area contributed by atoms with Gasteiger partial charge in [-0.2, -0.15) is 0 Å². The van der Waals surface area contributed by atoms with Crippen LogP contribution in [0.4, 0.5) is 5.69 Å². The van der Waals surface area contributed by atoms with E-state index in [9.17, 15) is 9.90 Å². The zero-order valence-corrected chi connectivity index (χ0v) is 14.6. The average Bonchev–Trinajstić information content (AvgIpc) is 2.64. The summed E-state index contributed by atoms with van der Waals surface area (Å²) in [6.45, 7) is 5.91. The van der Waals surface area contributed by atoms with E-state index in [0.29, 0.717) is 6.54 Å². The number of benzene rings is 2. The minimum atomic E-state index is 0.0204. The minimum absolute atomic E-state index is 0.0204. The highest BCUT2D eigenvalue weighted by atomic mass is 16.3. The fourth-order valence-corrected chi connectivity index (χ4v) is 3.14. The molecule has 1 amide bonds. The van der Waals surface area contributed by atoms with Crippen LogP contribution in [0.3, 0.4) is 0 Å². The summed E-state index contributed by atoms with van der Waals surface area (Å²) in [5.41, 5.74) is 2.23. The van der Waals surface area contributed by atoms with Gasteiger partial charge in [-0.15, -0.1) is 0 Å². The van der Waals surface area contributed by atoms with Crippen molar-refractivity contribution < 1.29 is 9.90 Å². The molecule has 1 heterocycles. The number of carbonyl (C=O) groups excluding carboxylic acids is 1. The van der Waals surface area contributed by atoms with Crippen molar-refractivity contribution in [2.75, 3.05) is 37.6 Å². The van der Waals surface area contributed by atoms with Gasteiger partial charge < -0.3 is 15.3 Å². The number of anilines is 1. The van der Waals surface area contributed by atoms with Crippen molar-refractivity contribution in [3.8, 4) is 5.75 Å². The van der Waals surface area contributed by atoms with E-state index in [-0.39, 0.29) is 17.7 Å². The maximum atomic E-state index is 12.3. The van der Waals surface area contributed by atoms with Crippen LogP contribution in [0.2, 0.25) is 0 Å². The number of nitrogens with zero attached hydrogens (tertiary/aromatic N) is 2. The fourth-order valence-electron chi connectivity index (χ4n) is 3.14. The van der Waals surface area contributed by atoms with Crippen LogP contribution < -0.4 is 10.2 Å². The molecule has 0 bridgehead atoms. The van der Waals surface area contributed by atoms with Gasteiger partial charge in [0, 0.05) is 31.9 Å². The number of carbonyl (C=O) groups is 1. The number of amides is 1. The van der Waals surface area contributed by atoms with E-state index < -0.39 is 0 Å². The zero-order chi connectivity index (χ0) is 17.6. The summed E-state index contributed by atoms with van der Waals surface area (Å²) in [5, 5.41) is 12.4. The Morgan fingerprint density at radius 2 is 1.68 bits per heavy atom. The number of piperazine rings is 1. The third kappa shape index (κ3) is 4.73. The highest BCUT2D eigenvalue weighted by molar-refractivity contribution is 5.78. The molecule has 1 atom stereocenters. The highest BCUT2D eigenvalue weighted by Crippen LogP contribution is 2.19. The molecule has 5 nitrogen and oxygen atoms in total. The Kier molecular flexibility index (Phi) is 5.56. The van der Waals surface area contributed by atoms with Crippen molar-refractivity contribution in [3.63, 3.8) is 0 Å². The quantitative estimate of drug-likeness (QED) is 0.878. The summed E-state index contributed by atoms with van der Waals surface area (Å²) >= 11 is 0. The van der Waals surface area contributed by atoms with Gasteiger partial charge in [-0.1, -0.05) is 30.3 Å². The van der Waals surface area contributed by atoms with Gasteiger partial charge in [0.2, 0.25) is 5.91 Å². The summed E-state index contributed by atoms with van der Waals surface area (Å²) in [5.74, 6) is 0.348. The van der Waals surface area contributed by atoms with E-state index in [1.807, 2.05) is 49.4 Å². The Hall–Kier alpha value is -2.53. The van der Waals surface area contributed by atoms with Crippen LogP contribution in [0.25, 0.3) is 0 Å². The molecule has 2 N–H and O–H groups in total. The molecule has 1 fully saturated rings. The molecule has 0 radical (unpaired) electrons. The molecule has 3 rings (SSSR count). The van der Waals surface area contributed by atoms with Crippen LogP contribution in [-0.2, 0) is 4.79 Å². The summed E-state index contributed by atoms with van der Waals surface area (Å²) in [6.07, 6.45) is 0. The Morgan fingerprint density at radius 1 is 1.04 bits per heavy atom. The fraction of sp³-hybridized carbons (Fsp3) is 0.350. The second kappa shape index (κ2) is 8.03. The van der Waals surface area contributed by atoms with Crippen molar-refractivity contribution in [3.05, 3.63) is 60.2 Å². The Bertz CT molecular complexity index is 680. The Balaban J connectivity index is 1.45. The van der Waals surface area contributed by atoms with Crippen LogP contribution in [0.5, 0.6) is 5.75 Å². The summed E-state index contributed by atoms with van der Waals surface area (Å²) < 4.78 is 0. The number of aromatic hydroxyl groups is 1. The number of nitrogens with one attached hydrogen (secondary N) is 1. The molecule has 0 aromatic heterocycles. The smallest absolute Gasteiger partial charge is 0.234 e. The molecule has 25 heavy (non-hydrogen) atoms. The van der Waals surface area contributed by atoms with Gasteiger partial charge in [0.25, 0.3) is 0 Å². The molecule has 0 unspecified atom stereocenters. The van der Waals surface area contributed by atoms with E-state index in [1.54, 1.807) is 12.1 Å². The van der Waals surface area contributed by atoms with Gasteiger partial charge in [-0.25, -0.2) is 0 Å². The highest BCUT2D eigenvalue weighted by Gasteiger charge is 2.20. The van der Waals surface area contributed by atoms with Crippen LogP contribution in [0, 0.1) is 0 Å². The first-order valence-corrected chi connectivity index (χ1v) is 8.72. The van der Waals surface area contributed by atoms with E-state index in [1.165, 1.54) is 0 Å². The Morgan fingerprint density at radius 3 is 2.32 bits per heavy atom. The van der Waals surface area contributed by atoms with Crippen molar-refractivity contribution in [2.45, 2.75) is 13.0 Å². The molecule has 132 valence electrons. The van der Waals surface area contributed by atoms with Crippen molar-refractivity contribution in [1.82, 2.24) is 10.2 Å². The standard InChI is InChI=1S/C20H25N3O2/c1-16(17-5-3-2-4-6-17)21-20(25)15-22-11-13-23(14-12-22)18-7-9-19(24)10-8-18/h2-10,16,24H,11-15H2,1H3,(H,21,25)/t16-/m0/s1. The van der Waals surface area contributed by atoms with E-state index >= 15 is 0 Å². The lowest BCUT2D eigenvalue weighted by Crippen LogP contribution is -2.49. The summed E-state index contributed by atoms with van der Waals surface area (Å²) in [4.78, 5) is 16.8. The van der Waals surface area contributed by atoms with Gasteiger partial charge in [-0.05, 0) is 36.8 Å². The SMILES string of the molecule is C[C@H](NC(=O)CN1CCN(c2ccc(O)cc2)CC1)c1ccccc1. The lowest BCUT2D eigenvalue weighted by atomic mass is 10.1. The molecule has 0 aliphatic carbocycles. The van der Waals surface area contributed by atoms with E-state index in [4.69, 9.17) is 0 Å². The van der Waals surface area contributed by atoms with Crippen LogP contribution in [-0.4, -0.2) is 48.6 Å². The van der Waals surface area contributed by atoms with Gasteiger partial charge in [0.15, 0.2) is 0 Å². The van der Waals surface area contributed by atoms with E-state index in [2.05, 4.69) is 15.1 Å². The second-order valence-corrected chi connectivity index (χ2v) is 6.48. The first-order chi connectivity index (χ1) is 12.1. The predicted octanol–water partition coefficient (Wildman–Crippen LogP) is 2.39. The summed E-state index contributed by atoms with van der Waals surface area (Å²) in [7, 11) is 0. The largest absolute Gasteiger partial charge is 0.508 e. The van der Waals surface area contributed by atoms with Crippen LogP contribution >= 0.6 is 0 Å². The molecule has 1 aliphatic rings. The molecule has 1 aliphatic heterocycles. The number of hydrogen-bond acceptors (Lipinski definition) is 4. The lowest BCUT2D eigenvalue weighted by molar-refractivity contribution is -0.123. The second-order valence-electron chi connectivity index (χ2n) is 6.48. The van der Waals surface area contributed by atoms with Gasteiger partial charge in [0.05, 0.1) is 12.6 Å². The molecule has 1 saturated heterocycles. The number of hydrogen-bond donors (Lipinski definition) is 2. The lowest BCUT2D eigenvalue weighted by Gasteiger charge is -2.35. The topological polar surface area (TPSA) is 55.8 Å². The predicted molar refractivity (Wildman–Crippen MR) is 99.8 cm³/mol. The zero-order valence-electron chi connectivity index (χ0n) is 14.6. The molecule has 0 spiro atoms.